The van der Waals surface area contributed by atoms with E-state index in [2.05, 4.69) is 13.0 Å². The van der Waals surface area contributed by atoms with Crippen LogP contribution in [0, 0.1) is 10.1 Å². The summed E-state index contributed by atoms with van der Waals surface area (Å²) in [5.41, 5.74) is 2.38. The van der Waals surface area contributed by atoms with Crippen molar-refractivity contribution in [2.45, 2.75) is 104 Å². The molecule has 0 heterocycles. The Bertz CT molecular complexity index is 497. The summed E-state index contributed by atoms with van der Waals surface area (Å²) in [5, 5.41) is 11.2. The van der Waals surface area contributed by atoms with Gasteiger partial charge in [-0.25, -0.2) is 0 Å². The number of aryl methyl sites for hydroxylation is 1. The van der Waals surface area contributed by atoms with E-state index in [-0.39, 0.29) is 16.5 Å². The van der Waals surface area contributed by atoms with E-state index in [0.29, 0.717) is 0 Å². The molecule has 0 radical (unpaired) electrons. The fraction of sp³-hybridized carbons (Fsp3) is 0.727. The van der Waals surface area contributed by atoms with E-state index >= 15 is 0 Å². The summed E-state index contributed by atoms with van der Waals surface area (Å²) in [6, 6.07) is 5.54. The van der Waals surface area contributed by atoms with Crippen LogP contribution in [-0.2, 0) is 6.42 Å². The molecule has 3 nitrogen and oxygen atoms in total. The van der Waals surface area contributed by atoms with Gasteiger partial charge in [0.15, 0.2) is 0 Å². The minimum atomic E-state index is -0.237. The Morgan fingerprint density at radius 2 is 1.40 bits per heavy atom. The SMILES string of the molecule is CCCCCCCCCCCCCc1cccc([N+](=O)[O-])c1C(C)C. The number of nitro benzene ring substituents is 1. The molecule has 0 fully saturated rings. The lowest BCUT2D eigenvalue weighted by molar-refractivity contribution is -0.385. The number of benzene rings is 1. The van der Waals surface area contributed by atoms with E-state index < -0.39 is 0 Å². The van der Waals surface area contributed by atoms with Gasteiger partial charge in [-0.3, -0.25) is 10.1 Å². The molecule has 0 aliphatic rings. The van der Waals surface area contributed by atoms with Gasteiger partial charge in [-0.05, 0) is 24.3 Å². The molecule has 25 heavy (non-hydrogen) atoms. The van der Waals surface area contributed by atoms with Gasteiger partial charge in [0.2, 0.25) is 0 Å². The normalized spacial score (nSPS) is 11.2. The third-order valence-electron chi connectivity index (χ3n) is 5.00. The fourth-order valence-electron chi connectivity index (χ4n) is 3.62. The van der Waals surface area contributed by atoms with E-state index in [0.717, 1.165) is 18.4 Å². The van der Waals surface area contributed by atoms with Gasteiger partial charge in [-0.2, -0.15) is 0 Å². The summed E-state index contributed by atoms with van der Waals surface area (Å²) in [7, 11) is 0. The van der Waals surface area contributed by atoms with Gasteiger partial charge in [0, 0.05) is 11.6 Å². The number of hydrogen-bond acceptors (Lipinski definition) is 2. The lowest BCUT2D eigenvalue weighted by Gasteiger charge is -2.13. The minimum absolute atomic E-state index is 0.198. The third-order valence-corrected chi connectivity index (χ3v) is 5.00. The van der Waals surface area contributed by atoms with Crippen LogP contribution in [0.1, 0.15) is 108 Å². The van der Waals surface area contributed by atoms with Crippen LogP contribution < -0.4 is 0 Å². The first-order chi connectivity index (χ1) is 12.1. The van der Waals surface area contributed by atoms with Gasteiger partial charge in [0.05, 0.1) is 4.92 Å². The molecule has 0 N–H and O–H groups in total. The Balaban J connectivity index is 2.24. The molecule has 142 valence electrons. The van der Waals surface area contributed by atoms with Gasteiger partial charge >= 0.3 is 0 Å². The Morgan fingerprint density at radius 1 is 0.880 bits per heavy atom. The highest BCUT2D eigenvalue weighted by Crippen LogP contribution is 2.30. The number of hydrogen-bond donors (Lipinski definition) is 0. The van der Waals surface area contributed by atoms with Crippen LogP contribution in [0.3, 0.4) is 0 Å². The first-order valence-corrected chi connectivity index (χ1v) is 10.3. The Hall–Kier alpha value is -1.38. The summed E-state index contributed by atoms with van der Waals surface area (Å²) >= 11 is 0. The average molecular weight is 348 g/mol. The van der Waals surface area contributed by atoms with E-state index in [1.54, 1.807) is 6.07 Å². The standard InChI is InChI=1S/C22H37NO2/c1-4-5-6-7-8-9-10-11-12-13-14-16-20-17-15-18-21(23(24)25)22(20)19(2)3/h15,17-19H,4-14,16H2,1-3H3. The summed E-state index contributed by atoms with van der Waals surface area (Å²) in [6.07, 6.45) is 15.6. The topological polar surface area (TPSA) is 43.1 Å². The maximum atomic E-state index is 11.2. The first-order valence-electron chi connectivity index (χ1n) is 10.3. The smallest absolute Gasteiger partial charge is 0.258 e. The Morgan fingerprint density at radius 3 is 1.88 bits per heavy atom. The van der Waals surface area contributed by atoms with Crippen LogP contribution in [0.4, 0.5) is 5.69 Å². The lowest BCUT2D eigenvalue weighted by Crippen LogP contribution is -2.02. The maximum Gasteiger partial charge on any atom is 0.273 e. The monoisotopic (exact) mass is 347 g/mol. The van der Waals surface area contributed by atoms with Crippen molar-refractivity contribution in [2.75, 3.05) is 0 Å². The molecule has 0 bridgehead atoms. The Kier molecular flexibility index (Phi) is 11.2. The van der Waals surface area contributed by atoms with E-state index in [4.69, 9.17) is 0 Å². The van der Waals surface area contributed by atoms with Crippen molar-refractivity contribution in [3.63, 3.8) is 0 Å². The lowest BCUT2D eigenvalue weighted by atomic mass is 9.92. The van der Waals surface area contributed by atoms with Crippen LogP contribution in [0.15, 0.2) is 18.2 Å². The molecule has 0 saturated carbocycles. The third kappa shape index (κ3) is 8.51. The van der Waals surface area contributed by atoms with E-state index in [1.165, 1.54) is 69.8 Å². The summed E-state index contributed by atoms with van der Waals surface area (Å²) in [6.45, 7) is 6.36. The molecule has 0 saturated heterocycles. The van der Waals surface area contributed by atoms with E-state index in [1.807, 2.05) is 19.9 Å². The molecule has 0 unspecified atom stereocenters. The van der Waals surface area contributed by atoms with Gasteiger partial charge in [0.1, 0.15) is 0 Å². The van der Waals surface area contributed by atoms with Gasteiger partial charge in [-0.15, -0.1) is 0 Å². The van der Waals surface area contributed by atoms with Gasteiger partial charge in [-0.1, -0.05) is 97.1 Å². The average Bonchev–Trinajstić information content (AvgIpc) is 2.59. The van der Waals surface area contributed by atoms with Crippen molar-refractivity contribution >= 4 is 5.69 Å². The van der Waals surface area contributed by atoms with Gasteiger partial charge in [0.25, 0.3) is 5.69 Å². The second-order valence-electron chi connectivity index (χ2n) is 7.55. The van der Waals surface area contributed by atoms with Crippen molar-refractivity contribution in [1.29, 1.82) is 0 Å². The second kappa shape index (κ2) is 12.9. The Labute approximate surface area is 154 Å². The quantitative estimate of drug-likeness (QED) is 0.198. The highest BCUT2D eigenvalue weighted by molar-refractivity contribution is 5.47. The molecule has 0 aromatic heterocycles. The number of nitro groups is 1. The van der Waals surface area contributed by atoms with Crippen LogP contribution in [0.2, 0.25) is 0 Å². The zero-order valence-corrected chi connectivity index (χ0v) is 16.6. The molecule has 0 aliphatic heterocycles. The summed E-state index contributed by atoms with van der Waals surface area (Å²) < 4.78 is 0. The zero-order chi connectivity index (χ0) is 18.5. The molecule has 3 heteroatoms. The second-order valence-corrected chi connectivity index (χ2v) is 7.55. The minimum Gasteiger partial charge on any atom is -0.258 e. The van der Waals surface area contributed by atoms with Gasteiger partial charge < -0.3 is 0 Å². The highest BCUT2D eigenvalue weighted by Gasteiger charge is 2.19. The molecule has 0 amide bonds. The molecule has 1 aromatic rings. The van der Waals surface area contributed by atoms with Crippen molar-refractivity contribution in [1.82, 2.24) is 0 Å². The molecule has 0 spiro atoms. The van der Waals surface area contributed by atoms with Crippen LogP contribution in [0.25, 0.3) is 0 Å². The largest absolute Gasteiger partial charge is 0.273 e. The molecular weight excluding hydrogens is 310 g/mol. The van der Waals surface area contributed by atoms with Crippen LogP contribution in [-0.4, -0.2) is 4.92 Å². The maximum absolute atomic E-state index is 11.2. The van der Waals surface area contributed by atoms with Crippen molar-refractivity contribution in [3.05, 3.63) is 39.4 Å². The number of nitrogens with zero attached hydrogens (tertiary/aromatic N) is 1. The molecule has 0 atom stereocenters. The first kappa shape index (κ1) is 21.7. The summed E-state index contributed by atoms with van der Waals surface area (Å²) in [4.78, 5) is 11.0. The number of rotatable bonds is 14. The molecule has 1 aromatic carbocycles. The van der Waals surface area contributed by atoms with E-state index in [9.17, 15) is 10.1 Å². The highest BCUT2D eigenvalue weighted by atomic mass is 16.6. The summed E-state index contributed by atoms with van der Waals surface area (Å²) in [5.74, 6) is 0.198. The predicted molar refractivity (Wildman–Crippen MR) is 107 cm³/mol. The van der Waals surface area contributed by atoms with Crippen LogP contribution in [0.5, 0.6) is 0 Å². The zero-order valence-electron chi connectivity index (χ0n) is 16.6. The molecular formula is C22H37NO2. The molecule has 1 rings (SSSR count). The predicted octanol–water partition coefficient (Wildman–Crippen LogP) is 7.57. The molecule has 0 aliphatic carbocycles. The number of unbranched alkanes of at least 4 members (excludes halogenated alkanes) is 10. The van der Waals surface area contributed by atoms with Crippen molar-refractivity contribution in [2.24, 2.45) is 0 Å². The van der Waals surface area contributed by atoms with Crippen molar-refractivity contribution < 1.29 is 4.92 Å². The van der Waals surface area contributed by atoms with Crippen LogP contribution >= 0.6 is 0 Å². The van der Waals surface area contributed by atoms with Crippen molar-refractivity contribution in [3.8, 4) is 0 Å². The fourth-order valence-corrected chi connectivity index (χ4v) is 3.62.